The number of carbonyl (C=O) groups excluding carboxylic acids is 1. The third kappa shape index (κ3) is 4.60. The highest BCUT2D eigenvalue weighted by Crippen LogP contribution is 2.13. The van der Waals surface area contributed by atoms with Gasteiger partial charge in [-0.1, -0.05) is 29.8 Å². The minimum Gasteiger partial charge on any atom is -0.334 e. The molecule has 0 atom stereocenters. The molecule has 2 aromatic rings. The number of amides is 2. The number of sulfone groups is 1. The number of carbonyl (C=O) groups is 1. The third-order valence-electron chi connectivity index (χ3n) is 3.11. The average Bonchev–Trinajstić information content (AvgIpc) is 2.46. The lowest BCUT2D eigenvalue weighted by molar-refractivity contribution is 0.251. The van der Waals surface area contributed by atoms with Crippen LogP contribution in [0.1, 0.15) is 11.1 Å². The lowest BCUT2D eigenvalue weighted by Crippen LogP contribution is -2.28. The number of aryl methyl sites for hydroxylation is 1. The van der Waals surface area contributed by atoms with Crippen LogP contribution in [0, 0.1) is 6.92 Å². The van der Waals surface area contributed by atoms with Gasteiger partial charge in [-0.05, 0) is 36.8 Å². The molecular weight excluding hydrogens is 300 g/mol. The van der Waals surface area contributed by atoms with Crippen molar-refractivity contribution >= 4 is 21.6 Å². The van der Waals surface area contributed by atoms with Crippen LogP contribution in [0.2, 0.25) is 0 Å². The van der Waals surface area contributed by atoms with Crippen molar-refractivity contribution in [3.05, 3.63) is 59.7 Å². The van der Waals surface area contributed by atoms with E-state index < -0.39 is 9.84 Å². The minimum absolute atomic E-state index is 0.220. The monoisotopic (exact) mass is 318 g/mol. The zero-order valence-electron chi connectivity index (χ0n) is 12.5. The summed E-state index contributed by atoms with van der Waals surface area (Å²) in [5.41, 5.74) is 2.71. The Bertz CT molecular complexity index is 751. The van der Waals surface area contributed by atoms with E-state index in [4.69, 9.17) is 0 Å². The van der Waals surface area contributed by atoms with Crippen LogP contribution in [0.25, 0.3) is 0 Å². The second-order valence-corrected chi connectivity index (χ2v) is 7.11. The van der Waals surface area contributed by atoms with Crippen LogP contribution in [-0.4, -0.2) is 20.7 Å². The number of anilines is 1. The molecule has 116 valence electrons. The molecular formula is C16H18N2O3S. The predicted octanol–water partition coefficient (Wildman–Crippen LogP) is 2.72. The maximum Gasteiger partial charge on any atom is 0.319 e. The van der Waals surface area contributed by atoms with E-state index in [9.17, 15) is 13.2 Å². The largest absolute Gasteiger partial charge is 0.334 e. The standard InChI is InChI=1S/C16H18N2O3S/c1-12-3-5-13(6-4-12)11-17-16(19)18-14-7-9-15(10-8-14)22(2,20)21/h3-10H,11H2,1-2H3,(H2,17,18,19). The highest BCUT2D eigenvalue weighted by molar-refractivity contribution is 7.90. The first-order chi connectivity index (χ1) is 10.3. The summed E-state index contributed by atoms with van der Waals surface area (Å²) in [6.45, 7) is 2.43. The fraction of sp³-hybridized carbons (Fsp3) is 0.188. The number of hydrogen-bond acceptors (Lipinski definition) is 3. The summed E-state index contributed by atoms with van der Waals surface area (Å²) < 4.78 is 22.7. The fourth-order valence-electron chi connectivity index (χ4n) is 1.85. The van der Waals surface area contributed by atoms with Crippen molar-refractivity contribution in [1.82, 2.24) is 5.32 Å². The Morgan fingerprint density at radius 3 is 2.14 bits per heavy atom. The molecule has 0 heterocycles. The maximum absolute atomic E-state index is 11.8. The summed E-state index contributed by atoms with van der Waals surface area (Å²) in [6.07, 6.45) is 1.14. The van der Waals surface area contributed by atoms with Crippen LogP contribution in [0.15, 0.2) is 53.4 Å². The van der Waals surface area contributed by atoms with E-state index in [-0.39, 0.29) is 10.9 Å². The van der Waals surface area contributed by atoms with Gasteiger partial charge in [-0.25, -0.2) is 13.2 Å². The highest BCUT2D eigenvalue weighted by Gasteiger charge is 2.07. The molecule has 0 spiro atoms. The molecule has 0 radical (unpaired) electrons. The quantitative estimate of drug-likeness (QED) is 0.910. The lowest BCUT2D eigenvalue weighted by atomic mass is 10.1. The molecule has 2 N–H and O–H groups in total. The molecule has 22 heavy (non-hydrogen) atoms. The molecule has 2 amide bonds. The van der Waals surface area contributed by atoms with E-state index in [1.165, 1.54) is 17.7 Å². The number of rotatable bonds is 4. The van der Waals surface area contributed by atoms with Gasteiger partial charge in [0.1, 0.15) is 0 Å². The molecule has 2 aromatic carbocycles. The van der Waals surface area contributed by atoms with Gasteiger partial charge >= 0.3 is 6.03 Å². The van der Waals surface area contributed by atoms with E-state index in [1.807, 2.05) is 31.2 Å². The Balaban J connectivity index is 1.90. The topological polar surface area (TPSA) is 75.3 Å². The molecule has 0 aromatic heterocycles. The van der Waals surface area contributed by atoms with Crippen molar-refractivity contribution < 1.29 is 13.2 Å². The van der Waals surface area contributed by atoms with Gasteiger partial charge in [0.15, 0.2) is 9.84 Å². The Morgan fingerprint density at radius 1 is 1.00 bits per heavy atom. The Hall–Kier alpha value is -2.34. The van der Waals surface area contributed by atoms with Crippen LogP contribution < -0.4 is 10.6 Å². The molecule has 0 saturated heterocycles. The first-order valence-corrected chi connectivity index (χ1v) is 8.64. The zero-order chi connectivity index (χ0) is 16.2. The average molecular weight is 318 g/mol. The van der Waals surface area contributed by atoms with Crippen molar-refractivity contribution in [2.75, 3.05) is 11.6 Å². The van der Waals surface area contributed by atoms with Gasteiger partial charge in [-0.3, -0.25) is 0 Å². The summed E-state index contributed by atoms with van der Waals surface area (Å²) in [4.78, 5) is 12.0. The van der Waals surface area contributed by atoms with Crippen molar-refractivity contribution in [2.24, 2.45) is 0 Å². The van der Waals surface area contributed by atoms with E-state index in [2.05, 4.69) is 10.6 Å². The summed E-state index contributed by atoms with van der Waals surface area (Å²) in [5, 5.41) is 5.40. The summed E-state index contributed by atoms with van der Waals surface area (Å²) in [5.74, 6) is 0. The molecule has 2 rings (SSSR count). The summed E-state index contributed by atoms with van der Waals surface area (Å²) in [6, 6.07) is 13.6. The molecule has 0 unspecified atom stereocenters. The van der Waals surface area contributed by atoms with Crippen LogP contribution in [0.5, 0.6) is 0 Å². The van der Waals surface area contributed by atoms with Crippen molar-refractivity contribution in [2.45, 2.75) is 18.4 Å². The third-order valence-corrected chi connectivity index (χ3v) is 4.24. The minimum atomic E-state index is -3.23. The normalized spacial score (nSPS) is 11.0. The van der Waals surface area contributed by atoms with Gasteiger partial charge in [0.2, 0.25) is 0 Å². The summed E-state index contributed by atoms with van der Waals surface area (Å²) >= 11 is 0. The van der Waals surface area contributed by atoms with E-state index in [0.29, 0.717) is 12.2 Å². The second kappa shape index (κ2) is 6.62. The molecule has 6 heteroatoms. The van der Waals surface area contributed by atoms with Gasteiger partial charge in [0.05, 0.1) is 4.90 Å². The van der Waals surface area contributed by atoms with Gasteiger partial charge in [-0.15, -0.1) is 0 Å². The number of nitrogens with one attached hydrogen (secondary N) is 2. The smallest absolute Gasteiger partial charge is 0.319 e. The van der Waals surface area contributed by atoms with Crippen LogP contribution in [-0.2, 0) is 16.4 Å². The SMILES string of the molecule is Cc1ccc(CNC(=O)Nc2ccc(S(C)(=O)=O)cc2)cc1. The molecule has 0 aliphatic rings. The van der Waals surface area contributed by atoms with Gasteiger partial charge in [0.25, 0.3) is 0 Å². The predicted molar refractivity (Wildman–Crippen MR) is 86.6 cm³/mol. The van der Waals surface area contributed by atoms with Gasteiger partial charge < -0.3 is 10.6 Å². The second-order valence-electron chi connectivity index (χ2n) is 5.09. The fourth-order valence-corrected chi connectivity index (χ4v) is 2.48. The number of urea groups is 1. The van der Waals surface area contributed by atoms with Crippen LogP contribution >= 0.6 is 0 Å². The number of benzene rings is 2. The van der Waals surface area contributed by atoms with Crippen molar-refractivity contribution in [3.8, 4) is 0 Å². The Labute approximate surface area is 130 Å². The van der Waals surface area contributed by atoms with Crippen molar-refractivity contribution in [1.29, 1.82) is 0 Å². The van der Waals surface area contributed by atoms with E-state index in [0.717, 1.165) is 11.8 Å². The molecule has 0 aliphatic carbocycles. The highest BCUT2D eigenvalue weighted by atomic mass is 32.2. The van der Waals surface area contributed by atoms with E-state index >= 15 is 0 Å². The Kier molecular flexibility index (Phi) is 4.82. The molecule has 0 fully saturated rings. The van der Waals surface area contributed by atoms with Crippen molar-refractivity contribution in [3.63, 3.8) is 0 Å². The molecule has 0 bridgehead atoms. The van der Waals surface area contributed by atoms with Gasteiger partial charge in [0, 0.05) is 18.5 Å². The summed E-state index contributed by atoms with van der Waals surface area (Å²) in [7, 11) is -3.23. The zero-order valence-corrected chi connectivity index (χ0v) is 13.3. The first kappa shape index (κ1) is 16.0. The maximum atomic E-state index is 11.8. The van der Waals surface area contributed by atoms with Crippen LogP contribution in [0.3, 0.4) is 0 Å². The first-order valence-electron chi connectivity index (χ1n) is 6.75. The van der Waals surface area contributed by atoms with Gasteiger partial charge in [-0.2, -0.15) is 0 Å². The lowest BCUT2D eigenvalue weighted by Gasteiger charge is -2.08. The van der Waals surface area contributed by atoms with Crippen LogP contribution in [0.4, 0.5) is 10.5 Å². The molecule has 0 saturated carbocycles. The Morgan fingerprint density at radius 2 is 1.59 bits per heavy atom. The molecule has 5 nitrogen and oxygen atoms in total. The molecule has 0 aliphatic heterocycles. The number of hydrogen-bond donors (Lipinski definition) is 2. The van der Waals surface area contributed by atoms with E-state index in [1.54, 1.807) is 12.1 Å².